The van der Waals surface area contributed by atoms with Crippen molar-refractivity contribution in [1.29, 1.82) is 0 Å². The van der Waals surface area contributed by atoms with E-state index >= 15 is 0 Å². The summed E-state index contributed by atoms with van der Waals surface area (Å²) in [7, 11) is 0. The van der Waals surface area contributed by atoms with E-state index in [1.54, 1.807) is 0 Å². The van der Waals surface area contributed by atoms with Crippen molar-refractivity contribution in [3.8, 4) is 5.75 Å². The molecule has 0 spiro atoms. The topological polar surface area (TPSA) is 41.5 Å². The van der Waals surface area contributed by atoms with Gasteiger partial charge in [0.05, 0.1) is 4.47 Å². The zero-order chi connectivity index (χ0) is 14.4. The molecule has 0 amide bonds. The molecule has 0 aliphatic carbocycles. The van der Waals surface area contributed by atoms with Gasteiger partial charge < -0.3 is 15.2 Å². The maximum atomic E-state index is 9.88. The predicted octanol–water partition coefficient (Wildman–Crippen LogP) is 3.13. The smallest absolute Gasteiger partial charge is 0.133 e. The quantitative estimate of drug-likeness (QED) is 0.807. The van der Waals surface area contributed by atoms with E-state index in [9.17, 15) is 5.11 Å². The average Bonchev–Trinajstić information content (AvgIpc) is 2.34. The van der Waals surface area contributed by atoms with Crippen LogP contribution in [-0.4, -0.2) is 30.4 Å². The molecular weight excluding hydrogens is 306 g/mol. The van der Waals surface area contributed by atoms with Gasteiger partial charge in [0.15, 0.2) is 0 Å². The van der Waals surface area contributed by atoms with Crippen LogP contribution in [0.2, 0.25) is 0 Å². The number of rotatable bonds is 7. The van der Waals surface area contributed by atoms with Crippen LogP contribution in [-0.2, 0) is 0 Å². The number of aryl methyl sites for hydroxylation is 1. The summed E-state index contributed by atoms with van der Waals surface area (Å²) in [6, 6.07) is 6.30. The minimum Gasteiger partial charge on any atom is -0.490 e. The Hall–Kier alpha value is -0.580. The van der Waals surface area contributed by atoms with E-state index in [1.807, 2.05) is 25.1 Å². The molecule has 4 heteroatoms. The molecule has 0 heterocycles. The van der Waals surface area contributed by atoms with Gasteiger partial charge in [-0.1, -0.05) is 19.9 Å². The maximum Gasteiger partial charge on any atom is 0.133 e. The monoisotopic (exact) mass is 329 g/mol. The van der Waals surface area contributed by atoms with Crippen molar-refractivity contribution < 1.29 is 9.84 Å². The van der Waals surface area contributed by atoms with Gasteiger partial charge in [-0.15, -0.1) is 0 Å². The van der Waals surface area contributed by atoms with E-state index in [0.717, 1.165) is 10.2 Å². The molecule has 2 N–H and O–H groups in total. The summed E-state index contributed by atoms with van der Waals surface area (Å²) in [5.74, 6) is 1.32. The van der Waals surface area contributed by atoms with Crippen LogP contribution in [0.4, 0.5) is 0 Å². The molecule has 3 nitrogen and oxygen atoms in total. The second kappa shape index (κ2) is 7.88. The fraction of sp³-hybridized carbons (Fsp3) is 0.600. The summed E-state index contributed by atoms with van der Waals surface area (Å²) in [4.78, 5) is 0. The Morgan fingerprint density at radius 3 is 2.58 bits per heavy atom. The number of aliphatic hydroxyl groups excluding tert-OH is 1. The number of hydrogen-bond donors (Lipinski definition) is 2. The van der Waals surface area contributed by atoms with Gasteiger partial charge in [-0.25, -0.2) is 0 Å². The van der Waals surface area contributed by atoms with Crippen molar-refractivity contribution in [1.82, 2.24) is 5.32 Å². The van der Waals surface area contributed by atoms with Crippen molar-refractivity contribution in [3.05, 3.63) is 28.2 Å². The highest BCUT2D eigenvalue weighted by molar-refractivity contribution is 9.10. The summed E-state index contributed by atoms with van der Waals surface area (Å²) >= 11 is 3.46. The first kappa shape index (κ1) is 16.5. The Kier molecular flexibility index (Phi) is 6.83. The van der Waals surface area contributed by atoms with E-state index in [-0.39, 0.29) is 0 Å². The van der Waals surface area contributed by atoms with Crippen LogP contribution in [0.1, 0.15) is 26.3 Å². The normalized spacial score (nSPS) is 14.5. The highest BCUT2D eigenvalue weighted by Gasteiger charge is 2.11. The molecule has 2 atom stereocenters. The number of benzene rings is 1. The third kappa shape index (κ3) is 5.93. The van der Waals surface area contributed by atoms with Gasteiger partial charge >= 0.3 is 0 Å². The SMILES string of the molecule is Cc1ccc(OCC(O)CNC(C)C(C)C)c(Br)c1. The summed E-state index contributed by atoms with van der Waals surface area (Å²) in [5, 5.41) is 13.2. The van der Waals surface area contributed by atoms with E-state index in [1.165, 1.54) is 5.56 Å². The first-order chi connectivity index (χ1) is 8.90. The Morgan fingerprint density at radius 2 is 2.00 bits per heavy atom. The molecule has 0 bridgehead atoms. The van der Waals surface area contributed by atoms with Gasteiger partial charge in [0, 0.05) is 12.6 Å². The fourth-order valence-corrected chi connectivity index (χ4v) is 2.13. The molecule has 108 valence electrons. The number of aliphatic hydroxyl groups is 1. The summed E-state index contributed by atoms with van der Waals surface area (Å²) < 4.78 is 6.53. The molecular formula is C15H24BrNO2. The Bertz CT molecular complexity index is 396. The molecule has 0 aliphatic rings. The Balaban J connectivity index is 2.35. The largest absolute Gasteiger partial charge is 0.490 e. The first-order valence-electron chi connectivity index (χ1n) is 6.70. The lowest BCUT2D eigenvalue weighted by atomic mass is 10.1. The Labute approximate surface area is 124 Å². The van der Waals surface area contributed by atoms with Crippen molar-refractivity contribution in [2.45, 2.75) is 39.8 Å². The van der Waals surface area contributed by atoms with Gasteiger partial charge in [0.1, 0.15) is 18.5 Å². The van der Waals surface area contributed by atoms with Crippen molar-refractivity contribution in [3.63, 3.8) is 0 Å². The molecule has 2 unspecified atom stereocenters. The minimum absolute atomic E-state index is 0.291. The zero-order valence-corrected chi connectivity index (χ0v) is 13.7. The third-order valence-electron chi connectivity index (χ3n) is 3.19. The van der Waals surface area contributed by atoms with E-state index in [2.05, 4.69) is 42.0 Å². The van der Waals surface area contributed by atoms with Crippen LogP contribution in [0.15, 0.2) is 22.7 Å². The second-order valence-electron chi connectivity index (χ2n) is 5.34. The van der Waals surface area contributed by atoms with Crippen LogP contribution >= 0.6 is 15.9 Å². The molecule has 0 saturated carbocycles. The van der Waals surface area contributed by atoms with Crippen LogP contribution in [0.5, 0.6) is 5.75 Å². The molecule has 0 aliphatic heterocycles. The van der Waals surface area contributed by atoms with Gasteiger partial charge in [-0.05, 0) is 53.4 Å². The van der Waals surface area contributed by atoms with Crippen LogP contribution < -0.4 is 10.1 Å². The highest BCUT2D eigenvalue weighted by Crippen LogP contribution is 2.25. The molecule has 0 radical (unpaired) electrons. The molecule has 0 saturated heterocycles. The Morgan fingerprint density at radius 1 is 1.32 bits per heavy atom. The van der Waals surface area contributed by atoms with Crippen molar-refractivity contribution in [2.24, 2.45) is 5.92 Å². The average molecular weight is 330 g/mol. The number of ether oxygens (including phenoxy) is 1. The maximum absolute atomic E-state index is 9.88. The van der Waals surface area contributed by atoms with Crippen LogP contribution in [0.25, 0.3) is 0 Å². The van der Waals surface area contributed by atoms with Gasteiger partial charge in [-0.2, -0.15) is 0 Å². The van der Waals surface area contributed by atoms with E-state index in [0.29, 0.717) is 25.1 Å². The second-order valence-corrected chi connectivity index (χ2v) is 6.19. The lowest BCUT2D eigenvalue weighted by Crippen LogP contribution is -2.38. The molecule has 0 aromatic heterocycles. The van der Waals surface area contributed by atoms with Crippen molar-refractivity contribution >= 4 is 15.9 Å². The number of halogens is 1. The van der Waals surface area contributed by atoms with Gasteiger partial charge in [-0.3, -0.25) is 0 Å². The van der Waals surface area contributed by atoms with Crippen LogP contribution in [0.3, 0.4) is 0 Å². The lowest BCUT2D eigenvalue weighted by Gasteiger charge is -2.20. The molecule has 1 aromatic carbocycles. The fourth-order valence-electron chi connectivity index (χ4n) is 1.53. The minimum atomic E-state index is -0.505. The van der Waals surface area contributed by atoms with E-state index < -0.39 is 6.10 Å². The molecule has 1 rings (SSSR count). The predicted molar refractivity (Wildman–Crippen MR) is 82.7 cm³/mol. The lowest BCUT2D eigenvalue weighted by molar-refractivity contribution is 0.102. The summed E-state index contributed by atoms with van der Waals surface area (Å²) in [5.41, 5.74) is 1.17. The molecule has 0 fully saturated rings. The number of nitrogens with one attached hydrogen (secondary N) is 1. The van der Waals surface area contributed by atoms with E-state index in [4.69, 9.17) is 4.74 Å². The third-order valence-corrected chi connectivity index (χ3v) is 3.81. The van der Waals surface area contributed by atoms with Crippen molar-refractivity contribution in [2.75, 3.05) is 13.2 Å². The summed E-state index contributed by atoms with van der Waals surface area (Å²) in [6.45, 7) is 9.30. The highest BCUT2D eigenvalue weighted by atomic mass is 79.9. The van der Waals surface area contributed by atoms with Gasteiger partial charge in [0.25, 0.3) is 0 Å². The van der Waals surface area contributed by atoms with Gasteiger partial charge in [0.2, 0.25) is 0 Å². The van der Waals surface area contributed by atoms with Crippen LogP contribution in [0, 0.1) is 12.8 Å². The number of hydrogen-bond acceptors (Lipinski definition) is 3. The first-order valence-corrected chi connectivity index (χ1v) is 7.50. The molecule has 1 aromatic rings. The standard InChI is InChI=1S/C15H24BrNO2/c1-10(2)12(4)17-8-13(18)9-19-15-6-5-11(3)7-14(15)16/h5-7,10,12-13,17-18H,8-9H2,1-4H3. The molecule has 19 heavy (non-hydrogen) atoms. The zero-order valence-electron chi connectivity index (χ0n) is 12.1. The summed E-state index contributed by atoms with van der Waals surface area (Å²) in [6.07, 6.45) is -0.505.